The second kappa shape index (κ2) is 6.34. The number of para-hydroxylation sites is 1. The van der Waals surface area contributed by atoms with E-state index in [1.165, 1.54) is 0 Å². The van der Waals surface area contributed by atoms with Gasteiger partial charge in [-0.15, -0.1) is 0 Å². The molecule has 5 nitrogen and oxygen atoms in total. The molecule has 0 aliphatic rings. The molecule has 1 N–H and O–H groups in total. The van der Waals surface area contributed by atoms with Crippen LogP contribution in [-0.4, -0.2) is 15.0 Å². The van der Waals surface area contributed by atoms with Gasteiger partial charge in [-0.3, -0.25) is 4.98 Å². The molecule has 0 bridgehead atoms. The molecule has 0 radical (unpaired) electrons. The predicted octanol–water partition coefficient (Wildman–Crippen LogP) is 4.56. The molecule has 5 heteroatoms. The fourth-order valence-corrected chi connectivity index (χ4v) is 2.42. The van der Waals surface area contributed by atoms with Crippen LogP contribution in [0.1, 0.15) is 0 Å². The van der Waals surface area contributed by atoms with Gasteiger partial charge in [-0.2, -0.15) is 0 Å². The number of aromatic nitrogens is 3. The van der Waals surface area contributed by atoms with Gasteiger partial charge in [0.05, 0.1) is 5.52 Å². The van der Waals surface area contributed by atoms with Gasteiger partial charge in [0.15, 0.2) is 0 Å². The van der Waals surface area contributed by atoms with E-state index in [9.17, 15) is 0 Å². The van der Waals surface area contributed by atoms with Crippen molar-refractivity contribution >= 4 is 22.5 Å². The van der Waals surface area contributed by atoms with Gasteiger partial charge >= 0.3 is 0 Å². The van der Waals surface area contributed by atoms with Crippen LogP contribution in [0.25, 0.3) is 10.9 Å². The highest BCUT2D eigenvalue weighted by atomic mass is 16.5. The lowest BCUT2D eigenvalue weighted by molar-refractivity contribution is 0.488. The standard InChI is InChI=1S/C19H14N4O/c1-2-8-17-16(7-1)18(9-12-20-17)24-15-6-3-5-14(13-15)23-19-21-10-4-11-22-19/h1-13H,(H,21,22,23). The van der Waals surface area contributed by atoms with E-state index >= 15 is 0 Å². The number of fused-ring (bicyclic) bond motifs is 1. The SMILES string of the molecule is c1cnc(Nc2cccc(Oc3ccnc4ccccc34)c2)nc1. The first-order valence-electron chi connectivity index (χ1n) is 7.54. The summed E-state index contributed by atoms with van der Waals surface area (Å²) < 4.78 is 6.05. The Morgan fingerprint density at radius 2 is 1.62 bits per heavy atom. The van der Waals surface area contributed by atoms with Crippen LogP contribution in [0.5, 0.6) is 11.5 Å². The van der Waals surface area contributed by atoms with Crippen molar-refractivity contribution in [3.63, 3.8) is 0 Å². The third-order valence-corrected chi connectivity index (χ3v) is 3.49. The summed E-state index contributed by atoms with van der Waals surface area (Å²) in [6.07, 6.45) is 5.13. The van der Waals surface area contributed by atoms with Crippen LogP contribution in [0.15, 0.2) is 79.3 Å². The van der Waals surface area contributed by atoms with Gasteiger partial charge in [-0.25, -0.2) is 9.97 Å². The second-order valence-electron chi connectivity index (χ2n) is 5.15. The van der Waals surface area contributed by atoms with E-state index in [1.807, 2.05) is 54.6 Å². The zero-order valence-corrected chi connectivity index (χ0v) is 12.8. The molecule has 2 aromatic heterocycles. The number of rotatable bonds is 4. The first kappa shape index (κ1) is 14.1. The topological polar surface area (TPSA) is 59.9 Å². The molecule has 24 heavy (non-hydrogen) atoms. The lowest BCUT2D eigenvalue weighted by atomic mass is 10.2. The van der Waals surface area contributed by atoms with Gasteiger partial charge in [-0.1, -0.05) is 18.2 Å². The van der Waals surface area contributed by atoms with E-state index in [-0.39, 0.29) is 0 Å². The molecule has 2 heterocycles. The molecule has 2 aromatic carbocycles. The van der Waals surface area contributed by atoms with Crippen molar-refractivity contribution in [3.8, 4) is 11.5 Å². The number of hydrogen-bond acceptors (Lipinski definition) is 5. The van der Waals surface area contributed by atoms with Crippen molar-refractivity contribution in [2.24, 2.45) is 0 Å². The normalized spacial score (nSPS) is 10.5. The van der Waals surface area contributed by atoms with Gasteiger partial charge < -0.3 is 10.1 Å². The van der Waals surface area contributed by atoms with E-state index < -0.39 is 0 Å². The van der Waals surface area contributed by atoms with Gasteiger partial charge in [-0.05, 0) is 36.4 Å². The van der Waals surface area contributed by atoms with Gasteiger partial charge in [0.25, 0.3) is 0 Å². The average Bonchev–Trinajstić information content (AvgIpc) is 2.63. The van der Waals surface area contributed by atoms with E-state index in [4.69, 9.17) is 4.74 Å². The quantitative estimate of drug-likeness (QED) is 0.598. The van der Waals surface area contributed by atoms with Crippen LogP contribution < -0.4 is 10.1 Å². The van der Waals surface area contributed by atoms with Crippen LogP contribution in [0.2, 0.25) is 0 Å². The molecule has 0 aliphatic carbocycles. The number of hydrogen-bond donors (Lipinski definition) is 1. The van der Waals surface area contributed by atoms with Crippen LogP contribution in [0.4, 0.5) is 11.6 Å². The molecule has 0 atom stereocenters. The first-order valence-corrected chi connectivity index (χ1v) is 7.54. The molecular weight excluding hydrogens is 300 g/mol. The predicted molar refractivity (Wildman–Crippen MR) is 93.6 cm³/mol. The summed E-state index contributed by atoms with van der Waals surface area (Å²) in [4.78, 5) is 12.7. The van der Waals surface area contributed by atoms with Crippen molar-refractivity contribution in [1.29, 1.82) is 0 Å². The largest absolute Gasteiger partial charge is 0.457 e. The second-order valence-corrected chi connectivity index (χ2v) is 5.15. The number of ether oxygens (including phenoxy) is 1. The Labute approximate surface area is 139 Å². The molecule has 0 fully saturated rings. The molecule has 116 valence electrons. The zero-order chi connectivity index (χ0) is 16.2. The molecule has 0 unspecified atom stereocenters. The van der Waals surface area contributed by atoms with E-state index in [0.717, 1.165) is 28.1 Å². The zero-order valence-electron chi connectivity index (χ0n) is 12.8. The molecular formula is C19H14N4O. The average molecular weight is 314 g/mol. The van der Waals surface area contributed by atoms with Gasteiger partial charge in [0.1, 0.15) is 11.5 Å². The molecule has 0 aliphatic heterocycles. The minimum absolute atomic E-state index is 0.545. The summed E-state index contributed by atoms with van der Waals surface area (Å²) in [5.41, 5.74) is 1.76. The summed E-state index contributed by atoms with van der Waals surface area (Å²) in [5, 5.41) is 4.13. The van der Waals surface area contributed by atoms with Crippen molar-refractivity contribution in [2.45, 2.75) is 0 Å². The number of pyridine rings is 1. The van der Waals surface area contributed by atoms with E-state index in [2.05, 4.69) is 20.3 Å². The Morgan fingerprint density at radius 1 is 0.750 bits per heavy atom. The monoisotopic (exact) mass is 314 g/mol. The Kier molecular flexibility index (Phi) is 3.73. The fraction of sp³-hybridized carbons (Fsp3) is 0. The van der Waals surface area contributed by atoms with Crippen LogP contribution >= 0.6 is 0 Å². The van der Waals surface area contributed by atoms with Crippen molar-refractivity contribution < 1.29 is 4.74 Å². The highest BCUT2D eigenvalue weighted by molar-refractivity contribution is 5.85. The molecule has 0 amide bonds. The van der Waals surface area contributed by atoms with E-state index in [0.29, 0.717) is 5.95 Å². The number of benzene rings is 2. The third-order valence-electron chi connectivity index (χ3n) is 3.49. The summed E-state index contributed by atoms with van der Waals surface area (Å²) in [5.74, 6) is 2.05. The minimum Gasteiger partial charge on any atom is -0.457 e. The summed E-state index contributed by atoms with van der Waals surface area (Å²) >= 11 is 0. The minimum atomic E-state index is 0.545. The van der Waals surface area contributed by atoms with Crippen molar-refractivity contribution in [1.82, 2.24) is 15.0 Å². The smallest absolute Gasteiger partial charge is 0.227 e. The lowest BCUT2D eigenvalue weighted by Gasteiger charge is -2.10. The maximum Gasteiger partial charge on any atom is 0.227 e. The van der Waals surface area contributed by atoms with Crippen LogP contribution in [0.3, 0.4) is 0 Å². The lowest BCUT2D eigenvalue weighted by Crippen LogP contribution is -1.96. The number of anilines is 2. The van der Waals surface area contributed by atoms with Crippen molar-refractivity contribution in [2.75, 3.05) is 5.32 Å². The molecule has 0 saturated carbocycles. The third kappa shape index (κ3) is 3.01. The Balaban J connectivity index is 1.62. The Morgan fingerprint density at radius 3 is 2.54 bits per heavy atom. The number of nitrogens with zero attached hydrogens (tertiary/aromatic N) is 3. The van der Waals surface area contributed by atoms with Crippen LogP contribution in [-0.2, 0) is 0 Å². The van der Waals surface area contributed by atoms with E-state index in [1.54, 1.807) is 24.7 Å². The van der Waals surface area contributed by atoms with Gasteiger partial charge in [0.2, 0.25) is 5.95 Å². The Bertz CT molecular complexity index is 968. The maximum absolute atomic E-state index is 6.05. The maximum atomic E-state index is 6.05. The van der Waals surface area contributed by atoms with Crippen molar-refractivity contribution in [3.05, 3.63) is 79.3 Å². The molecule has 4 aromatic rings. The van der Waals surface area contributed by atoms with Gasteiger partial charge in [0, 0.05) is 35.7 Å². The number of nitrogens with one attached hydrogen (secondary N) is 1. The Hall–Kier alpha value is -3.47. The summed E-state index contributed by atoms with van der Waals surface area (Å²) in [7, 11) is 0. The molecule has 0 spiro atoms. The highest BCUT2D eigenvalue weighted by Gasteiger charge is 2.05. The summed E-state index contributed by atoms with van der Waals surface area (Å²) in [6, 6.07) is 19.2. The molecule has 4 rings (SSSR count). The highest BCUT2D eigenvalue weighted by Crippen LogP contribution is 2.30. The first-order chi connectivity index (χ1) is 11.9. The molecule has 0 saturated heterocycles. The van der Waals surface area contributed by atoms with Crippen LogP contribution in [0, 0.1) is 0 Å². The fourth-order valence-electron chi connectivity index (χ4n) is 2.42. The summed E-state index contributed by atoms with van der Waals surface area (Å²) in [6.45, 7) is 0.